The molecule has 2 heterocycles. The molecule has 0 spiro atoms. The van der Waals surface area contributed by atoms with E-state index in [9.17, 15) is 13.2 Å². The Kier molecular flexibility index (Phi) is 5.05. The fourth-order valence-electron chi connectivity index (χ4n) is 2.43. The molecule has 7 heteroatoms. The highest BCUT2D eigenvalue weighted by atomic mass is 19.4. The van der Waals surface area contributed by atoms with E-state index in [1.165, 1.54) is 4.90 Å². The summed E-state index contributed by atoms with van der Waals surface area (Å²) in [5, 5.41) is 0. The molecule has 1 saturated heterocycles. The molecule has 0 bridgehead atoms. The van der Waals surface area contributed by atoms with Crippen LogP contribution in [0.2, 0.25) is 0 Å². The van der Waals surface area contributed by atoms with Gasteiger partial charge in [0.25, 0.3) is 0 Å². The maximum atomic E-state index is 12.3. The van der Waals surface area contributed by atoms with Crippen LogP contribution in [-0.2, 0) is 0 Å². The van der Waals surface area contributed by atoms with Crippen LogP contribution in [-0.4, -0.2) is 48.8 Å². The molecule has 4 nitrogen and oxygen atoms in total. The van der Waals surface area contributed by atoms with Gasteiger partial charge >= 0.3 is 6.18 Å². The molecule has 0 amide bonds. The fraction of sp³-hybridized carbons (Fsp3) is 0.643. The lowest BCUT2D eigenvalue weighted by atomic mass is 10.1. The van der Waals surface area contributed by atoms with Crippen LogP contribution in [0.3, 0.4) is 0 Å². The summed E-state index contributed by atoms with van der Waals surface area (Å²) in [6.07, 6.45) is -1.55. The molecule has 21 heavy (non-hydrogen) atoms. The van der Waals surface area contributed by atoms with Crippen LogP contribution in [0.15, 0.2) is 18.3 Å². The third kappa shape index (κ3) is 4.57. The number of pyridine rings is 1. The van der Waals surface area contributed by atoms with E-state index in [1.54, 1.807) is 6.20 Å². The lowest BCUT2D eigenvalue weighted by Crippen LogP contribution is -2.49. The smallest absolute Gasteiger partial charge is 0.368 e. The molecule has 1 atom stereocenters. The average Bonchev–Trinajstić information content (AvgIpc) is 2.46. The number of alkyl halides is 3. The normalized spacial score (nSPS) is 18.8. The lowest BCUT2D eigenvalue weighted by Gasteiger charge is -2.36. The molecule has 0 unspecified atom stereocenters. The second-order valence-corrected chi connectivity index (χ2v) is 5.33. The number of piperazine rings is 1. The second-order valence-electron chi connectivity index (χ2n) is 5.33. The first kappa shape index (κ1) is 16.0. The summed E-state index contributed by atoms with van der Waals surface area (Å²) >= 11 is 0. The zero-order valence-electron chi connectivity index (χ0n) is 12.1. The van der Waals surface area contributed by atoms with Gasteiger partial charge in [0.1, 0.15) is 0 Å². The first-order valence-electron chi connectivity index (χ1n) is 7.14. The maximum Gasteiger partial charge on any atom is 0.401 e. The van der Waals surface area contributed by atoms with Crippen LogP contribution >= 0.6 is 0 Å². The number of rotatable bonds is 4. The molecular formula is C14H21F3N4. The van der Waals surface area contributed by atoms with Crippen molar-refractivity contribution < 1.29 is 13.2 Å². The zero-order valence-corrected chi connectivity index (χ0v) is 12.1. The van der Waals surface area contributed by atoms with Crippen LogP contribution in [0.5, 0.6) is 0 Å². The van der Waals surface area contributed by atoms with Gasteiger partial charge in [-0.2, -0.15) is 13.2 Å². The SMILES string of the molecule is CC[C@H](N)c1ccc(N2CCN(CC(F)(F)F)CC2)cn1. The minimum atomic E-state index is -4.12. The Balaban J connectivity index is 1.90. The molecule has 0 saturated carbocycles. The molecule has 1 aromatic rings. The Hall–Kier alpha value is -1.34. The summed E-state index contributed by atoms with van der Waals surface area (Å²) in [6, 6.07) is 3.77. The quantitative estimate of drug-likeness (QED) is 0.926. The van der Waals surface area contributed by atoms with Gasteiger partial charge in [0, 0.05) is 32.2 Å². The third-order valence-corrected chi connectivity index (χ3v) is 3.73. The van der Waals surface area contributed by atoms with E-state index < -0.39 is 12.7 Å². The van der Waals surface area contributed by atoms with Gasteiger partial charge in [-0.1, -0.05) is 6.92 Å². The first-order valence-corrected chi connectivity index (χ1v) is 7.14. The molecule has 0 aromatic carbocycles. The van der Waals surface area contributed by atoms with Gasteiger partial charge in [-0.3, -0.25) is 9.88 Å². The van der Waals surface area contributed by atoms with Crippen molar-refractivity contribution >= 4 is 5.69 Å². The predicted octanol–water partition coefficient (Wildman–Crippen LogP) is 2.18. The predicted molar refractivity (Wildman–Crippen MR) is 76.2 cm³/mol. The van der Waals surface area contributed by atoms with Crippen molar-refractivity contribution in [1.29, 1.82) is 0 Å². The molecule has 2 rings (SSSR count). The van der Waals surface area contributed by atoms with E-state index in [0.717, 1.165) is 17.8 Å². The minimum absolute atomic E-state index is 0.0670. The largest absolute Gasteiger partial charge is 0.401 e. The van der Waals surface area contributed by atoms with Gasteiger partial charge in [0.2, 0.25) is 0 Å². The number of hydrogen-bond acceptors (Lipinski definition) is 4. The Bertz CT molecular complexity index is 439. The molecule has 1 aromatic heterocycles. The van der Waals surface area contributed by atoms with E-state index >= 15 is 0 Å². The van der Waals surface area contributed by atoms with Crippen LogP contribution in [0.25, 0.3) is 0 Å². The van der Waals surface area contributed by atoms with Gasteiger partial charge in [0.05, 0.1) is 24.1 Å². The van der Waals surface area contributed by atoms with E-state index in [1.807, 2.05) is 19.1 Å². The minimum Gasteiger partial charge on any atom is -0.368 e. The number of nitrogens with zero attached hydrogens (tertiary/aromatic N) is 3. The number of nitrogens with two attached hydrogens (primary N) is 1. The highest BCUT2D eigenvalue weighted by molar-refractivity contribution is 5.45. The molecule has 1 aliphatic rings. The molecule has 1 fully saturated rings. The summed E-state index contributed by atoms with van der Waals surface area (Å²) in [6.45, 7) is 3.16. The van der Waals surface area contributed by atoms with Crippen LogP contribution < -0.4 is 10.6 Å². The Morgan fingerprint density at radius 3 is 2.38 bits per heavy atom. The van der Waals surface area contributed by atoms with E-state index in [4.69, 9.17) is 5.73 Å². The number of aromatic nitrogens is 1. The van der Waals surface area contributed by atoms with Crippen molar-refractivity contribution in [3.8, 4) is 0 Å². The molecule has 0 radical (unpaired) electrons. The number of halogens is 3. The highest BCUT2D eigenvalue weighted by Gasteiger charge is 2.32. The zero-order chi connectivity index (χ0) is 15.5. The highest BCUT2D eigenvalue weighted by Crippen LogP contribution is 2.21. The number of anilines is 1. The molecule has 0 aliphatic carbocycles. The van der Waals surface area contributed by atoms with Crippen molar-refractivity contribution in [1.82, 2.24) is 9.88 Å². The van der Waals surface area contributed by atoms with Gasteiger partial charge in [-0.15, -0.1) is 0 Å². The van der Waals surface area contributed by atoms with Crippen LogP contribution in [0, 0.1) is 0 Å². The van der Waals surface area contributed by atoms with Crippen molar-refractivity contribution in [2.45, 2.75) is 25.6 Å². The molecular weight excluding hydrogens is 281 g/mol. The van der Waals surface area contributed by atoms with E-state index in [2.05, 4.69) is 9.88 Å². The Morgan fingerprint density at radius 1 is 1.24 bits per heavy atom. The lowest BCUT2D eigenvalue weighted by molar-refractivity contribution is -0.146. The fourth-order valence-corrected chi connectivity index (χ4v) is 2.43. The van der Waals surface area contributed by atoms with Crippen molar-refractivity contribution in [2.75, 3.05) is 37.6 Å². The van der Waals surface area contributed by atoms with Gasteiger partial charge < -0.3 is 10.6 Å². The van der Waals surface area contributed by atoms with Gasteiger partial charge in [-0.05, 0) is 18.6 Å². The molecule has 1 aliphatic heterocycles. The van der Waals surface area contributed by atoms with Gasteiger partial charge in [0.15, 0.2) is 0 Å². The average molecular weight is 302 g/mol. The van der Waals surface area contributed by atoms with E-state index in [-0.39, 0.29) is 6.04 Å². The van der Waals surface area contributed by atoms with Crippen LogP contribution in [0.1, 0.15) is 25.1 Å². The summed E-state index contributed by atoms with van der Waals surface area (Å²) in [5.74, 6) is 0. The second kappa shape index (κ2) is 6.62. The summed E-state index contributed by atoms with van der Waals surface area (Å²) in [5.41, 5.74) is 7.69. The Morgan fingerprint density at radius 2 is 1.90 bits per heavy atom. The van der Waals surface area contributed by atoms with Gasteiger partial charge in [-0.25, -0.2) is 0 Å². The standard InChI is InChI=1S/C14H21F3N4/c1-2-12(18)13-4-3-11(9-19-13)21-7-5-20(6-8-21)10-14(15,16)17/h3-4,9,12H,2,5-8,10,18H2,1H3/t12-/m0/s1. The topological polar surface area (TPSA) is 45.4 Å². The van der Waals surface area contributed by atoms with Crippen molar-refractivity contribution in [3.05, 3.63) is 24.0 Å². The molecule has 118 valence electrons. The van der Waals surface area contributed by atoms with Crippen molar-refractivity contribution in [2.24, 2.45) is 5.73 Å². The maximum absolute atomic E-state index is 12.3. The first-order chi connectivity index (χ1) is 9.89. The summed E-state index contributed by atoms with van der Waals surface area (Å²) in [4.78, 5) is 7.84. The van der Waals surface area contributed by atoms with Crippen LogP contribution in [0.4, 0.5) is 18.9 Å². The third-order valence-electron chi connectivity index (χ3n) is 3.73. The Labute approximate surface area is 122 Å². The molecule has 2 N–H and O–H groups in total. The monoisotopic (exact) mass is 302 g/mol. The van der Waals surface area contributed by atoms with Crippen molar-refractivity contribution in [3.63, 3.8) is 0 Å². The summed E-state index contributed by atoms with van der Waals surface area (Å²) < 4.78 is 37.0. The van der Waals surface area contributed by atoms with E-state index in [0.29, 0.717) is 26.2 Å². The summed E-state index contributed by atoms with van der Waals surface area (Å²) in [7, 11) is 0. The number of hydrogen-bond donors (Lipinski definition) is 1.